The zero-order valence-corrected chi connectivity index (χ0v) is 19.3. The van der Waals surface area contributed by atoms with E-state index in [-0.39, 0.29) is 25.0 Å². The number of nitrogens with zero attached hydrogens (tertiary/aromatic N) is 1. The molecule has 2 N–H and O–H groups in total. The first-order valence-electron chi connectivity index (χ1n) is 11.8. The van der Waals surface area contributed by atoms with Gasteiger partial charge in [0.2, 0.25) is 0 Å². The Morgan fingerprint density at radius 2 is 1.94 bits per heavy atom. The molecule has 1 aliphatic rings. The van der Waals surface area contributed by atoms with Gasteiger partial charge in [0.15, 0.2) is 0 Å². The van der Waals surface area contributed by atoms with Gasteiger partial charge < -0.3 is 19.6 Å². The van der Waals surface area contributed by atoms with Crippen LogP contribution < -0.4 is 10.1 Å². The number of carbonyl (C=O) groups is 2. The molecule has 1 saturated carbocycles. The van der Waals surface area contributed by atoms with Gasteiger partial charge in [-0.05, 0) is 62.2 Å². The molecule has 0 saturated heterocycles. The Balaban J connectivity index is 1.53. The van der Waals surface area contributed by atoms with Gasteiger partial charge in [0, 0.05) is 41.5 Å². The van der Waals surface area contributed by atoms with Crippen LogP contribution in [0.2, 0.25) is 0 Å². The number of amides is 1. The van der Waals surface area contributed by atoms with Crippen LogP contribution in [0.5, 0.6) is 5.75 Å². The maximum absolute atomic E-state index is 12.2. The van der Waals surface area contributed by atoms with Crippen molar-refractivity contribution < 1.29 is 23.8 Å². The fourth-order valence-corrected chi connectivity index (χ4v) is 4.50. The van der Waals surface area contributed by atoms with Crippen LogP contribution in [-0.2, 0) is 4.79 Å². The van der Waals surface area contributed by atoms with Crippen molar-refractivity contribution in [2.45, 2.75) is 51.6 Å². The number of furan rings is 1. The molecule has 0 bridgehead atoms. The quantitative estimate of drug-likeness (QED) is 0.432. The summed E-state index contributed by atoms with van der Waals surface area (Å²) in [5.41, 5.74) is 2.43. The molecule has 178 valence electrons. The van der Waals surface area contributed by atoms with E-state index in [0.717, 1.165) is 35.5 Å². The number of pyridine rings is 1. The van der Waals surface area contributed by atoms with Crippen LogP contribution >= 0.6 is 0 Å². The van der Waals surface area contributed by atoms with Crippen LogP contribution in [0.3, 0.4) is 0 Å². The summed E-state index contributed by atoms with van der Waals surface area (Å²) in [6.07, 6.45) is 9.09. The number of rotatable bonds is 9. The standard InChI is InChI=1S/C27H30N2O5/c1-18-23(16-24(33-18)21-8-5-14-28-17-21)26(19-6-3-2-4-7-19)34-22-11-9-20(10-12-22)27(32)29-15-13-25(30)31/h5,8-12,14,16-17,19,26H,2-4,6-7,13,15H2,1H3,(H,29,32)(H,30,31). The maximum atomic E-state index is 12.2. The summed E-state index contributed by atoms with van der Waals surface area (Å²) in [5, 5.41) is 11.3. The first-order chi connectivity index (χ1) is 16.5. The third-order valence-electron chi connectivity index (χ3n) is 6.29. The number of carboxylic acid groups (broad SMARTS) is 1. The molecule has 1 fully saturated rings. The molecule has 1 aromatic carbocycles. The minimum absolute atomic E-state index is 0.0925. The van der Waals surface area contributed by atoms with E-state index < -0.39 is 5.97 Å². The monoisotopic (exact) mass is 462 g/mol. The van der Waals surface area contributed by atoms with Crippen molar-refractivity contribution in [1.29, 1.82) is 0 Å². The summed E-state index contributed by atoms with van der Waals surface area (Å²) >= 11 is 0. The average molecular weight is 463 g/mol. The largest absolute Gasteiger partial charge is 0.485 e. The van der Waals surface area contributed by atoms with Gasteiger partial charge in [-0.3, -0.25) is 14.6 Å². The number of aromatic nitrogens is 1. The molecular formula is C27H30N2O5. The molecule has 3 aromatic rings. The lowest BCUT2D eigenvalue weighted by molar-refractivity contribution is -0.136. The van der Waals surface area contributed by atoms with Crippen molar-refractivity contribution >= 4 is 11.9 Å². The topological polar surface area (TPSA) is 102 Å². The third kappa shape index (κ3) is 5.84. The highest BCUT2D eigenvalue weighted by atomic mass is 16.5. The molecule has 1 amide bonds. The van der Waals surface area contributed by atoms with Gasteiger partial charge in [0.05, 0.1) is 6.42 Å². The lowest BCUT2D eigenvalue weighted by Crippen LogP contribution is -2.26. The second-order valence-electron chi connectivity index (χ2n) is 8.72. The fraction of sp³-hybridized carbons (Fsp3) is 0.370. The van der Waals surface area contributed by atoms with Gasteiger partial charge in [0.25, 0.3) is 5.91 Å². The van der Waals surface area contributed by atoms with Crippen molar-refractivity contribution in [3.05, 3.63) is 71.7 Å². The minimum Gasteiger partial charge on any atom is -0.485 e. The molecule has 1 unspecified atom stereocenters. The molecule has 0 aliphatic heterocycles. The Labute approximate surface area is 199 Å². The van der Waals surface area contributed by atoms with Gasteiger partial charge in [0.1, 0.15) is 23.4 Å². The Bertz CT molecular complexity index is 1100. The molecule has 0 radical (unpaired) electrons. The summed E-state index contributed by atoms with van der Waals surface area (Å²) in [6, 6.07) is 12.9. The number of carboxylic acids is 1. The molecule has 7 nitrogen and oxygen atoms in total. The smallest absolute Gasteiger partial charge is 0.305 e. The Morgan fingerprint density at radius 1 is 1.18 bits per heavy atom. The molecule has 2 aromatic heterocycles. The van der Waals surface area contributed by atoms with E-state index in [1.807, 2.05) is 19.1 Å². The summed E-state index contributed by atoms with van der Waals surface area (Å²) < 4.78 is 12.6. The highest BCUT2D eigenvalue weighted by Crippen LogP contribution is 2.41. The van der Waals surface area contributed by atoms with Crippen LogP contribution in [0.1, 0.15) is 66.3 Å². The SMILES string of the molecule is Cc1oc(-c2cccnc2)cc1C(Oc1ccc(C(=O)NCCC(=O)O)cc1)C1CCCCC1. The van der Waals surface area contributed by atoms with E-state index in [4.69, 9.17) is 14.3 Å². The lowest BCUT2D eigenvalue weighted by atomic mass is 9.82. The molecule has 4 rings (SSSR count). The highest BCUT2D eigenvalue weighted by molar-refractivity contribution is 5.94. The normalized spacial score (nSPS) is 15.0. The van der Waals surface area contributed by atoms with Crippen LogP contribution in [0, 0.1) is 12.8 Å². The summed E-state index contributed by atoms with van der Waals surface area (Å²) in [5.74, 6) is 1.43. The summed E-state index contributed by atoms with van der Waals surface area (Å²) in [7, 11) is 0. The third-order valence-corrected chi connectivity index (χ3v) is 6.29. The zero-order valence-electron chi connectivity index (χ0n) is 19.3. The number of hydrogen-bond donors (Lipinski definition) is 2. The van der Waals surface area contributed by atoms with Gasteiger partial charge in [-0.15, -0.1) is 0 Å². The van der Waals surface area contributed by atoms with Crippen molar-refractivity contribution in [3.8, 4) is 17.1 Å². The molecular weight excluding hydrogens is 432 g/mol. The number of hydrogen-bond acceptors (Lipinski definition) is 5. The molecule has 34 heavy (non-hydrogen) atoms. The predicted octanol–water partition coefficient (Wildman–Crippen LogP) is 5.55. The minimum atomic E-state index is -0.945. The van der Waals surface area contributed by atoms with Gasteiger partial charge in [-0.25, -0.2) is 0 Å². The van der Waals surface area contributed by atoms with E-state index in [2.05, 4.69) is 16.4 Å². The second kappa shape index (κ2) is 11.0. The van der Waals surface area contributed by atoms with E-state index in [1.165, 1.54) is 19.3 Å². The average Bonchev–Trinajstić information content (AvgIpc) is 3.25. The van der Waals surface area contributed by atoms with Crippen molar-refractivity contribution in [2.75, 3.05) is 6.54 Å². The van der Waals surface area contributed by atoms with E-state index >= 15 is 0 Å². The molecule has 1 aliphatic carbocycles. The second-order valence-corrected chi connectivity index (χ2v) is 8.72. The van der Waals surface area contributed by atoms with E-state index in [9.17, 15) is 9.59 Å². The van der Waals surface area contributed by atoms with Crippen LogP contribution in [0.4, 0.5) is 0 Å². The van der Waals surface area contributed by atoms with Crippen molar-refractivity contribution in [2.24, 2.45) is 5.92 Å². The zero-order chi connectivity index (χ0) is 23.9. The Morgan fingerprint density at radius 3 is 2.62 bits per heavy atom. The molecule has 7 heteroatoms. The summed E-state index contributed by atoms with van der Waals surface area (Å²) in [6.45, 7) is 2.06. The molecule has 0 spiro atoms. The van der Waals surface area contributed by atoms with Gasteiger partial charge in [-0.2, -0.15) is 0 Å². The number of benzene rings is 1. The van der Waals surface area contributed by atoms with Crippen molar-refractivity contribution in [3.63, 3.8) is 0 Å². The van der Waals surface area contributed by atoms with E-state index in [0.29, 0.717) is 17.2 Å². The lowest BCUT2D eigenvalue weighted by Gasteiger charge is -2.30. The van der Waals surface area contributed by atoms with Crippen molar-refractivity contribution in [1.82, 2.24) is 10.3 Å². The summed E-state index contributed by atoms with van der Waals surface area (Å²) in [4.78, 5) is 27.1. The highest BCUT2D eigenvalue weighted by Gasteiger charge is 2.30. The van der Waals surface area contributed by atoms with Crippen LogP contribution in [-0.4, -0.2) is 28.5 Å². The number of carbonyl (C=O) groups excluding carboxylic acids is 1. The number of ether oxygens (including phenoxy) is 1. The first kappa shape index (κ1) is 23.5. The number of nitrogens with one attached hydrogen (secondary N) is 1. The van der Waals surface area contributed by atoms with Gasteiger partial charge in [-0.1, -0.05) is 19.3 Å². The predicted molar refractivity (Wildman–Crippen MR) is 128 cm³/mol. The fourth-order valence-electron chi connectivity index (χ4n) is 4.50. The maximum Gasteiger partial charge on any atom is 0.305 e. The Hall–Kier alpha value is -3.61. The molecule has 2 heterocycles. The van der Waals surface area contributed by atoms with Gasteiger partial charge >= 0.3 is 5.97 Å². The first-order valence-corrected chi connectivity index (χ1v) is 11.8. The number of aryl methyl sites for hydroxylation is 1. The van der Waals surface area contributed by atoms with Crippen LogP contribution in [0.15, 0.2) is 59.3 Å². The Kier molecular flexibility index (Phi) is 7.62. The molecule has 1 atom stereocenters. The van der Waals surface area contributed by atoms with Crippen LogP contribution in [0.25, 0.3) is 11.3 Å². The number of aliphatic carboxylic acids is 1. The van der Waals surface area contributed by atoms with E-state index in [1.54, 1.807) is 36.7 Å².